The number of ether oxygens (including phenoxy) is 1. The van der Waals surface area contributed by atoms with Gasteiger partial charge in [-0.1, -0.05) is 29.8 Å². The van der Waals surface area contributed by atoms with Gasteiger partial charge in [-0.15, -0.1) is 0 Å². The Bertz CT molecular complexity index is 650. The maximum atomic E-state index is 11.6. The number of carboxylic acid groups (broad SMARTS) is 2. The molecule has 8 heteroatoms. The molecule has 1 aromatic carbocycles. The van der Waals surface area contributed by atoms with Gasteiger partial charge in [-0.05, 0) is 19.4 Å². The van der Waals surface area contributed by atoms with E-state index in [1.54, 1.807) is 4.90 Å². The molecule has 0 saturated carbocycles. The Hall–Kier alpha value is -2.87. The minimum atomic E-state index is -1.26. The van der Waals surface area contributed by atoms with E-state index in [0.717, 1.165) is 32.7 Å². The van der Waals surface area contributed by atoms with Gasteiger partial charge in [0.25, 0.3) is 0 Å². The molecular formula is C19H26N2O6. The highest BCUT2D eigenvalue weighted by Crippen LogP contribution is 2.10. The second-order valence-electron chi connectivity index (χ2n) is 5.96. The lowest BCUT2D eigenvalue weighted by molar-refractivity contribution is -0.134. The summed E-state index contributed by atoms with van der Waals surface area (Å²) in [4.78, 5) is 34.9. The summed E-state index contributed by atoms with van der Waals surface area (Å²) in [6.07, 6.45) is 0.933. The van der Waals surface area contributed by atoms with Crippen LogP contribution >= 0.6 is 0 Å². The molecule has 27 heavy (non-hydrogen) atoms. The van der Waals surface area contributed by atoms with Gasteiger partial charge in [0.2, 0.25) is 0 Å². The van der Waals surface area contributed by atoms with E-state index in [1.807, 2.05) is 6.92 Å². The van der Waals surface area contributed by atoms with Crippen LogP contribution < -0.4 is 0 Å². The molecule has 2 rings (SSSR count). The Balaban J connectivity index is 0.000000387. The minimum absolute atomic E-state index is 0.183. The fourth-order valence-electron chi connectivity index (χ4n) is 2.51. The molecule has 2 N–H and O–H groups in total. The maximum absolute atomic E-state index is 11.6. The fraction of sp³-hybridized carbons (Fsp3) is 0.421. The molecule has 8 nitrogen and oxygen atoms in total. The summed E-state index contributed by atoms with van der Waals surface area (Å²) in [5.41, 5.74) is 2.63. The standard InChI is InChI=1S/C15H22N2O2.C4H4O4/c1-3-19-15(18)17-9-7-16(8-10-17)12-14-6-4-5-13(2)11-14;5-3(6)1-2-4(7)8/h4-6,11H,3,7-10,12H2,1-2H3;1-2H,(H,5,6)(H,7,8)/b;2-1+. The Morgan fingerprint density at radius 2 is 1.67 bits per heavy atom. The quantitative estimate of drug-likeness (QED) is 0.754. The highest BCUT2D eigenvalue weighted by molar-refractivity contribution is 5.89. The van der Waals surface area contributed by atoms with Crippen LogP contribution in [0.25, 0.3) is 0 Å². The van der Waals surface area contributed by atoms with Crippen LogP contribution in [0, 0.1) is 6.92 Å². The van der Waals surface area contributed by atoms with Crippen molar-refractivity contribution in [2.45, 2.75) is 20.4 Å². The predicted molar refractivity (Wildman–Crippen MR) is 99.5 cm³/mol. The van der Waals surface area contributed by atoms with E-state index in [4.69, 9.17) is 14.9 Å². The number of carbonyl (C=O) groups excluding carboxylic acids is 1. The van der Waals surface area contributed by atoms with Gasteiger partial charge in [-0.3, -0.25) is 4.90 Å². The van der Waals surface area contributed by atoms with Gasteiger partial charge in [0.05, 0.1) is 6.61 Å². The number of carboxylic acids is 2. The zero-order valence-corrected chi connectivity index (χ0v) is 15.6. The predicted octanol–water partition coefficient (Wildman–Crippen LogP) is 1.98. The summed E-state index contributed by atoms with van der Waals surface area (Å²) in [6.45, 7) is 8.68. The molecular weight excluding hydrogens is 352 g/mol. The molecule has 1 aliphatic rings. The van der Waals surface area contributed by atoms with Gasteiger partial charge >= 0.3 is 18.0 Å². The number of carbonyl (C=O) groups is 3. The number of aliphatic carboxylic acids is 2. The topological polar surface area (TPSA) is 107 Å². The van der Waals surface area contributed by atoms with Crippen molar-refractivity contribution in [3.8, 4) is 0 Å². The van der Waals surface area contributed by atoms with E-state index in [9.17, 15) is 14.4 Å². The van der Waals surface area contributed by atoms with Crippen molar-refractivity contribution >= 4 is 18.0 Å². The first-order valence-electron chi connectivity index (χ1n) is 8.65. The SMILES string of the molecule is CCOC(=O)N1CCN(Cc2cccc(C)c2)CC1.O=C(O)/C=C/C(=O)O. The van der Waals surface area contributed by atoms with Crippen LogP contribution in [0.15, 0.2) is 36.4 Å². The minimum Gasteiger partial charge on any atom is -0.478 e. The summed E-state index contributed by atoms with van der Waals surface area (Å²) >= 11 is 0. The van der Waals surface area contributed by atoms with Gasteiger partial charge in [-0.25, -0.2) is 14.4 Å². The lowest BCUT2D eigenvalue weighted by Gasteiger charge is -2.34. The van der Waals surface area contributed by atoms with E-state index < -0.39 is 11.9 Å². The number of rotatable bonds is 5. The summed E-state index contributed by atoms with van der Waals surface area (Å²) in [5.74, 6) is -2.51. The van der Waals surface area contributed by atoms with Crippen LogP contribution in [0.2, 0.25) is 0 Å². The Morgan fingerprint density at radius 3 is 2.15 bits per heavy atom. The van der Waals surface area contributed by atoms with Crippen LogP contribution in [0.4, 0.5) is 4.79 Å². The molecule has 0 bridgehead atoms. The highest BCUT2D eigenvalue weighted by atomic mass is 16.6. The van der Waals surface area contributed by atoms with Crippen molar-refractivity contribution in [1.82, 2.24) is 9.80 Å². The molecule has 1 fully saturated rings. The van der Waals surface area contributed by atoms with E-state index in [2.05, 4.69) is 36.1 Å². The van der Waals surface area contributed by atoms with Crippen LogP contribution in [0.1, 0.15) is 18.1 Å². The molecule has 0 atom stereocenters. The molecule has 0 aromatic heterocycles. The molecule has 1 saturated heterocycles. The lowest BCUT2D eigenvalue weighted by Crippen LogP contribution is -2.48. The van der Waals surface area contributed by atoms with Crippen molar-refractivity contribution in [3.63, 3.8) is 0 Å². The number of amides is 1. The third-order valence-electron chi connectivity index (χ3n) is 3.76. The zero-order chi connectivity index (χ0) is 20.2. The number of aryl methyl sites for hydroxylation is 1. The molecule has 1 heterocycles. The number of nitrogens with zero attached hydrogens (tertiary/aromatic N) is 2. The first kappa shape index (κ1) is 22.2. The molecule has 1 aromatic rings. The number of hydrogen-bond acceptors (Lipinski definition) is 5. The fourth-order valence-corrected chi connectivity index (χ4v) is 2.51. The molecule has 0 radical (unpaired) electrons. The molecule has 0 spiro atoms. The number of benzene rings is 1. The number of hydrogen-bond donors (Lipinski definition) is 2. The largest absolute Gasteiger partial charge is 0.478 e. The first-order valence-corrected chi connectivity index (χ1v) is 8.65. The molecule has 0 unspecified atom stereocenters. The second-order valence-corrected chi connectivity index (χ2v) is 5.96. The van der Waals surface area contributed by atoms with Gasteiger partial charge in [0.1, 0.15) is 0 Å². The van der Waals surface area contributed by atoms with E-state index >= 15 is 0 Å². The monoisotopic (exact) mass is 378 g/mol. The normalized spacial score (nSPS) is 14.4. The van der Waals surface area contributed by atoms with Crippen LogP contribution in [0.5, 0.6) is 0 Å². The van der Waals surface area contributed by atoms with E-state index in [-0.39, 0.29) is 6.09 Å². The van der Waals surface area contributed by atoms with Crippen molar-refractivity contribution < 1.29 is 29.3 Å². The van der Waals surface area contributed by atoms with Crippen molar-refractivity contribution in [2.24, 2.45) is 0 Å². The van der Waals surface area contributed by atoms with Gasteiger partial charge in [0, 0.05) is 44.9 Å². The van der Waals surface area contributed by atoms with Gasteiger partial charge in [0.15, 0.2) is 0 Å². The summed E-state index contributed by atoms with van der Waals surface area (Å²) in [5, 5.41) is 15.6. The average Bonchev–Trinajstić information content (AvgIpc) is 2.61. The van der Waals surface area contributed by atoms with Crippen molar-refractivity contribution in [2.75, 3.05) is 32.8 Å². The summed E-state index contributed by atoms with van der Waals surface area (Å²) < 4.78 is 5.02. The highest BCUT2D eigenvalue weighted by Gasteiger charge is 2.21. The van der Waals surface area contributed by atoms with Crippen LogP contribution in [0.3, 0.4) is 0 Å². The Morgan fingerprint density at radius 1 is 1.07 bits per heavy atom. The maximum Gasteiger partial charge on any atom is 0.409 e. The lowest BCUT2D eigenvalue weighted by atomic mass is 10.1. The smallest absolute Gasteiger partial charge is 0.409 e. The Kier molecular flexibility index (Phi) is 9.60. The first-order chi connectivity index (χ1) is 12.8. The van der Waals surface area contributed by atoms with Crippen molar-refractivity contribution in [1.29, 1.82) is 0 Å². The Labute approximate surface area is 158 Å². The molecule has 148 valence electrons. The van der Waals surface area contributed by atoms with E-state index in [1.165, 1.54) is 11.1 Å². The molecule has 0 aliphatic carbocycles. The zero-order valence-electron chi connectivity index (χ0n) is 15.6. The van der Waals surface area contributed by atoms with Gasteiger partial charge < -0.3 is 19.8 Å². The van der Waals surface area contributed by atoms with Crippen molar-refractivity contribution in [3.05, 3.63) is 47.5 Å². The van der Waals surface area contributed by atoms with Gasteiger partial charge in [-0.2, -0.15) is 0 Å². The van der Waals surface area contributed by atoms with Crippen LogP contribution in [-0.2, 0) is 20.9 Å². The number of piperazine rings is 1. The molecule has 1 amide bonds. The summed E-state index contributed by atoms with van der Waals surface area (Å²) in [7, 11) is 0. The van der Waals surface area contributed by atoms with E-state index in [0.29, 0.717) is 18.8 Å². The third-order valence-corrected chi connectivity index (χ3v) is 3.76. The average molecular weight is 378 g/mol. The second kappa shape index (κ2) is 11.7. The summed E-state index contributed by atoms with van der Waals surface area (Å²) in [6, 6.07) is 8.59. The van der Waals surface area contributed by atoms with Crippen LogP contribution in [-0.4, -0.2) is 70.8 Å². The third kappa shape index (κ3) is 9.41. The molecule has 1 aliphatic heterocycles.